The molecule has 1 fully saturated rings. The van der Waals surface area contributed by atoms with Crippen molar-refractivity contribution >= 4 is 17.3 Å². The van der Waals surface area contributed by atoms with Crippen molar-refractivity contribution < 1.29 is 4.79 Å². The maximum Gasteiger partial charge on any atom is 0.259 e. The smallest absolute Gasteiger partial charge is 0.259 e. The summed E-state index contributed by atoms with van der Waals surface area (Å²) in [5, 5.41) is 7.31. The highest BCUT2D eigenvalue weighted by Crippen LogP contribution is 2.20. The van der Waals surface area contributed by atoms with E-state index in [1.54, 1.807) is 0 Å². The lowest BCUT2D eigenvalue weighted by Crippen LogP contribution is -2.27. The molecule has 0 spiro atoms. The van der Waals surface area contributed by atoms with Crippen LogP contribution >= 0.6 is 0 Å². The summed E-state index contributed by atoms with van der Waals surface area (Å²) in [7, 11) is 0. The van der Waals surface area contributed by atoms with Crippen molar-refractivity contribution in [2.24, 2.45) is 11.0 Å². The molecule has 4 nitrogen and oxygen atoms in total. The summed E-state index contributed by atoms with van der Waals surface area (Å²) in [5.41, 5.74) is 5.91. The number of hydrazone groups is 1. The monoisotopic (exact) mass is 273 g/mol. The van der Waals surface area contributed by atoms with E-state index in [9.17, 15) is 4.79 Å². The van der Waals surface area contributed by atoms with Gasteiger partial charge in [0, 0.05) is 11.4 Å². The number of hydrogen-bond donors (Lipinski definition) is 2. The molecule has 0 saturated heterocycles. The highest BCUT2D eigenvalue weighted by atomic mass is 16.2. The first-order valence-electron chi connectivity index (χ1n) is 7.28. The lowest BCUT2D eigenvalue weighted by atomic mass is 9.90. The fraction of sp³-hybridized carbons (Fsp3) is 0.500. The van der Waals surface area contributed by atoms with Crippen molar-refractivity contribution in [1.82, 2.24) is 5.43 Å². The van der Waals surface area contributed by atoms with Gasteiger partial charge in [0.25, 0.3) is 5.91 Å². The Kier molecular flexibility index (Phi) is 5.16. The molecule has 0 atom stereocenters. The van der Waals surface area contributed by atoms with Gasteiger partial charge in [0.15, 0.2) is 0 Å². The number of nitrogens with one attached hydrogen (secondary N) is 2. The average Bonchev–Trinajstić information content (AvgIpc) is 2.46. The van der Waals surface area contributed by atoms with E-state index in [-0.39, 0.29) is 12.5 Å². The van der Waals surface area contributed by atoms with E-state index < -0.39 is 0 Å². The summed E-state index contributed by atoms with van der Waals surface area (Å²) < 4.78 is 0. The van der Waals surface area contributed by atoms with Gasteiger partial charge in [0.2, 0.25) is 0 Å². The first-order chi connectivity index (χ1) is 9.63. The zero-order valence-corrected chi connectivity index (χ0v) is 12.3. The largest absolute Gasteiger partial charge is 0.376 e. The van der Waals surface area contributed by atoms with Gasteiger partial charge in [-0.25, -0.2) is 5.43 Å². The van der Waals surface area contributed by atoms with Crippen molar-refractivity contribution in [1.29, 1.82) is 0 Å². The zero-order chi connectivity index (χ0) is 14.4. The van der Waals surface area contributed by atoms with Crippen LogP contribution in [-0.4, -0.2) is 18.2 Å². The molecule has 1 aromatic carbocycles. The number of aryl methyl sites for hydroxylation is 1. The quantitative estimate of drug-likeness (QED) is 0.828. The Balaban J connectivity index is 1.73. The predicted molar refractivity (Wildman–Crippen MR) is 82.9 cm³/mol. The molecule has 0 aromatic heterocycles. The van der Waals surface area contributed by atoms with E-state index >= 15 is 0 Å². The maximum atomic E-state index is 11.7. The molecule has 0 bridgehead atoms. The molecular formula is C16H23N3O. The lowest BCUT2D eigenvalue weighted by Gasteiger charge is -2.18. The maximum absolute atomic E-state index is 11.7. The van der Waals surface area contributed by atoms with Crippen LogP contribution in [0.4, 0.5) is 5.69 Å². The van der Waals surface area contributed by atoms with Crippen LogP contribution < -0.4 is 10.7 Å². The van der Waals surface area contributed by atoms with Gasteiger partial charge in [-0.1, -0.05) is 24.6 Å². The molecular weight excluding hydrogens is 250 g/mol. The van der Waals surface area contributed by atoms with Crippen molar-refractivity contribution in [3.05, 3.63) is 29.8 Å². The second kappa shape index (κ2) is 7.08. The first-order valence-corrected chi connectivity index (χ1v) is 7.28. The van der Waals surface area contributed by atoms with Gasteiger partial charge in [-0.3, -0.25) is 4.79 Å². The van der Waals surface area contributed by atoms with E-state index in [4.69, 9.17) is 0 Å². The van der Waals surface area contributed by atoms with Gasteiger partial charge in [-0.2, -0.15) is 5.10 Å². The lowest BCUT2D eigenvalue weighted by molar-refractivity contribution is -0.119. The predicted octanol–water partition coefficient (Wildman–Crippen LogP) is 3.09. The summed E-state index contributed by atoms with van der Waals surface area (Å²) >= 11 is 0. The molecule has 0 unspecified atom stereocenters. The Morgan fingerprint density at radius 2 is 1.90 bits per heavy atom. The summed E-state index contributed by atoms with van der Waals surface area (Å²) in [6.07, 6.45) is 4.37. The van der Waals surface area contributed by atoms with Gasteiger partial charge >= 0.3 is 0 Å². The minimum absolute atomic E-state index is 0.100. The number of benzene rings is 1. The normalized spacial score (nSPS) is 18.5. The number of rotatable bonds is 4. The van der Waals surface area contributed by atoms with Crippen LogP contribution in [0.25, 0.3) is 0 Å². The molecule has 108 valence electrons. The Hall–Kier alpha value is -1.84. The molecule has 0 radical (unpaired) electrons. The van der Waals surface area contributed by atoms with Gasteiger partial charge in [-0.15, -0.1) is 0 Å². The van der Waals surface area contributed by atoms with Crippen molar-refractivity contribution in [3.63, 3.8) is 0 Å². The first kappa shape index (κ1) is 14.6. The summed E-state index contributed by atoms with van der Waals surface area (Å²) in [6, 6.07) is 7.97. The highest BCUT2D eigenvalue weighted by Gasteiger charge is 2.13. The minimum Gasteiger partial charge on any atom is -0.376 e. The number of carbonyl (C=O) groups excluding carboxylic acids is 1. The Morgan fingerprint density at radius 3 is 2.55 bits per heavy atom. The third-order valence-corrected chi connectivity index (χ3v) is 3.69. The van der Waals surface area contributed by atoms with Crippen molar-refractivity contribution in [2.45, 2.75) is 39.5 Å². The van der Waals surface area contributed by atoms with Crippen LogP contribution in [0, 0.1) is 12.8 Å². The topological polar surface area (TPSA) is 53.5 Å². The average molecular weight is 273 g/mol. The highest BCUT2D eigenvalue weighted by molar-refractivity contribution is 5.87. The van der Waals surface area contributed by atoms with Crippen LogP contribution in [0.15, 0.2) is 29.4 Å². The Bertz CT molecular complexity index is 469. The molecule has 1 amide bonds. The zero-order valence-electron chi connectivity index (χ0n) is 12.3. The molecule has 0 heterocycles. The number of amides is 1. The molecule has 20 heavy (non-hydrogen) atoms. The van der Waals surface area contributed by atoms with Crippen molar-refractivity contribution in [2.75, 3.05) is 11.9 Å². The van der Waals surface area contributed by atoms with Crippen LogP contribution in [-0.2, 0) is 4.79 Å². The summed E-state index contributed by atoms with van der Waals surface area (Å²) in [6.45, 7) is 4.55. The van der Waals surface area contributed by atoms with E-state index in [1.807, 2.05) is 31.2 Å². The second-order valence-corrected chi connectivity index (χ2v) is 5.62. The van der Waals surface area contributed by atoms with E-state index in [1.165, 1.54) is 18.4 Å². The summed E-state index contributed by atoms with van der Waals surface area (Å²) in [5.74, 6) is 0.685. The van der Waals surface area contributed by atoms with Gasteiger partial charge in [-0.05, 0) is 50.7 Å². The number of nitrogens with zero attached hydrogens (tertiary/aromatic N) is 1. The van der Waals surface area contributed by atoms with E-state index in [0.717, 1.165) is 30.2 Å². The van der Waals surface area contributed by atoms with Gasteiger partial charge in [0.1, 0.15) is 0 Å². The molecule has 1 aliphatic carbocycles. The van der Waals surface area contributed by atoms with Crippen LogP contribution in [0.3, 0.4) is 0 Å². The van der Waals surface area contributed by atoms with Crippen LogP contribution in [0.1, 0.15) is 38.2 Å². The molecule has 1 aliphatic rings. The number of anilines is 1. The fourth-order valence-electron chi connectivity index (χ4n) is 2.24. The molecule has 0 aliphatic heterocycles. The van der Waals surface area contributed by atoms with Crippen molar-refractivity contribution in [3.8, 4) is 0 Å². The Labute approximate surface area is 120 Å². The fourth-order valence-corrected chi connectivity index (χ4v) is 2.24. The van der Waals surface area contributed by atoms with Gasteiger partial charge < -0.3 is 5.32 Å². The van der Waals surface area contributed by atoms with Crippen LogP contribution in [0.2, 0.25) is 0 Å². The summed E-state index contributed by atoms with van der Waals surface area (Å²) in [4.78, 5) is 11.7. The van der Waals surface area contributed by atoms with Gasteiger partial charge in [0.05, 0.1) is 6.54 Å². The molecule has 2 N–H and O–H groups in total. The number of carbonyl (C=O) groups is 1. The molecule has 1 aromatic rings. The molecule has 2 rings (SSSR count). The molecule has 1 saturated carbocycles. The minimum atomic E-state index is -0.100. The third-order valence-electron chi connectivity index (χ3n) is 3.69. The Morgan fingerprint density at radius 1 is 1.25 bits per heavy atom. The van der Waals surface area contributed by atoms with E-state index in [2.05, 4.69) is 22.8 Å². The van der Waals surface area contributed by atoms with E-state index in [0.29, 0.717) is 0 Å². The SMILES string of the molecule is Cc1ccc(NCC(=O)NN=C2CCC(C)CC2)cc1. The third kappa shape index (κ3) is 4.68. The molecule has 4 heteroatoms. The number of hydrogen-bond acceptors (Lipinski definition) is 3. The van der Waals surface area contributed by atoms with Crippen LogP contribution in [0.5, 0.6) is 0 Å². The standard InChI is InChI=1S/C16H23N3O/c1-12-3-7-14(8-4-12)17-11-16(20)19-18-15-9-5-13(2)6-10-15/h3-4,7-8,13,17H,5-6,9-11H2,1-2H3,(H,19,20). The second-order valence-electron chi connectivity index (χ2n) is 5.62.